The predicted molar refractivity (Wildman–Crippen MR) is 151 cm³/mol. The number of carbonyl (C=O) groups is 1. The first-order valence-corrected chi connectivity index (χ1v) is 13.8. The van der Waals surface area contributed by atoms with Crippen LogP contribution < -0.4 is 10.1 Å². The molecule has 2 N–H and O–H groups in total. The van der Waals surface area contributed by atoms with Crippen molar-refractivity contribution in [3.05, 3.63) is 83.7 Å². The minimum absolute atomic E-state index is 0.0973. The van der Waals surface area contributed by atoms with Gasteiger partial charge in [0.05, 0.1) is 29.3 Å². The number of ether oxygens (including phenoxy) is 1. The van der Waals surface area contributed by atoms with Crippen molar-refractivity contribution in [3.63, 3.8) is 0 Å². The quantitative estimate of drug-likeness (QED) is 0.274. The summed E-state index contributed by atoms with van der Waals surface area (Å²) in [4.78, 5) is 21.4. The summed E-state index contributed by atoms with van der Waals surface area (Å²) in [7, 11) is 0. The highest BCUT2D eigenvalue weighted by Gasteiger charge is 2.29. The van der Waals surface area contributed by atoms with Crippen molar-refractivity contribution in [1.29, 1.82) is 0 Å². The van der Waals surface area contributed by atoms with Gasteiger partial charge in [-0.2, -0.15) is 0 Å². The molecule has 0 radical (unpaired) electrons. The van der Waals surface area contributed by atoms with E-state index in [0.717, 1.165) is 40.2 Å². The zero-order chi connectivity index (χ0) is 25.6. The average molecular weight is 505 g/mol. The second-order valence-electron chi connectivity index (χ2n) is 10.7. The fraction of sp³-hybridized carbons (Fsp3) is 0.312. The maximum Gasteiger partial charge on any atom is 0.251 e. The first-order chi connectivity index (χ1) is 18.7. The van der Waals surface area contributed by atoms with Crippen LogP contribution in [0, 0.1) is 0 Å². The number of hydrogen-bond donors (Lipinski definition) is 2. The number of benzene rings is 3. The Morgan fingerprint density at radius 3 is 2.74 bits per heavy atom. The monoisotopic (exact) mass is 504 g/mol. The third-order valence-corrected chi connectivity index (χ3v) is 8.26. The number of carbonyl (C=O) groups excluding carboxylic acids is 1. The van der Waals surface area contributed by atoms with E-state index in [0.29, 0.717) is 18.1 Å². The molecule has 6 nitrogen and oxygen atoms in total. The molecule has 1 atom stereocenters. The summed E-state index contributed by atoms with van der Waals surface area (Å²) in [5, 5.41) is 4.42. The minimum atomic E-state index is -0.242. The van der Waals surface area contributed by atoms with E-state index in [1.807, 2.05) is 43.3 Å². The minimum Gasteiger partial charge on any atom is -0.491 e. The van der Waals surface area contributed by atoms with Crippen molar-refractivity contribution < 1.29 is 9.53 Å². The number of aromatic amines is 1. The Kier molecular flexibility index (Phi) is 5.68. The molecule has 6 heteroatoms. The topological polar surface area (TPSA) is 71.9 Å². The number of nitrogens with zero attached hydrogens (tertiary/aromatic N) is 2. The van der Waals surface area contributed by atoms with Crippen molar-refractivity contribution in [2.75, 3.05) is 6.61 Å². The van der Waals surface area contributed by atoms with Gasteiger partial charge in [0.25, 0.3) is 5.91 Å². The molecule has 5 aromatic rings. The molecule has 1 amide bonds. The number of fused-ring (bicyclic) bond motifs is 6. The number of rotatable bonds is 4. The van der Waals surface area contributed by atoms with Gasteiger partial charge >= 0.3 is 0 Å². The van der Waals surface area contributed by atoms with Crippen LogP contribution in [0.25, 0.3) is 33.2 Å². The van der Waals surface area contributed by atoms with Gasteiger partial charge in [-0.15, -0.1) is 0 Å². The summed E-state index contributed by atoms with van der Waals surface area (Å²) in [5.41, 5.74) is 7.51. The van der Waals surface area contributed by atoms with E-state index in [2.05, 4.69) is 50.2 Å². The lowest BCUT2D eigenvalue weighted by Gasteiger charge is -2.23. The maximum atomic E-state index is 13.4. The van der Waals surface area contributed by atoms with E-state index in [1.165, 1.54) is 48.7 Å². The van der Waals surface area contributed by atoms with E-state index >= 15 is 0 Å². The van der Waals surface area contributed by atoms with Gasteiger partial charge in [0.15, 0.2) is 0 Å². The summed E-state index contributed by atoms with van der Waals surface area (Å²) in [5.74, 6) is 2.13. The lowest BCUT2D eigenvalue weighted by molar-refractivity contribution is 0.0938. The number of imidazole rings is 1. The molecular weight excluding hydrogens is 472 g/mol. The van der Waals surface area contributed by atoms with Crippen LogP contribution in [0.5, 0.6) is 5.75 Å². The normalized spacial score (nSPS) is 16.4. The predicted octanol–water partition coefficient (Wildman–Crippen LogP) is 7.12. The van der Waals surface area contributed by atoms with Gasteiger partial charge in [0.2, 0.25) is 0 Å². The van der Waals surface area contributed by atoms with Gasteiger partial charge in [0, 0.05) is 22.0 Å². The van der Waals surface area contributed by atoms with Gasteiger partial charge in [-0.1, -0.05) is 49.6 Å². The van der Waals surface area contributed by atoms with Crippen LogP contribution in [0.3, 0.4) is 0 Å². The highest BCUT2D eigenvalue weighted by atomic mass is 16.5. The molecule has 1 aliphatic heterocycles. The molecule has 2 aromatic heterocycles. The van der Waals surface area contributed by atoms with Gasteiger partial charge in [0.1, 0.15) is 18.2 Å². The molecule has 0 saturated heterocycles. The fourth-order valence-electron chi connectivity index (χ4n) is 6.41. The van der Waals surface area contributed by atoms with Crippen molar-refractivity contribution in [2.45, 2.75) is 57.5 Å². The first-order valence-electron chi connectivity index (χ1n) is 13.8. The Morgan fingerprint density at radius 2 is 1.87 bits per heavy atom. The molecule has 0 bridgehead atoms. The van der Waals surface area contributed by atoms with Crippen LogP contribution in [0.1, 0.15) is 72.7 Å². The van der Waals surface area contributed by atoms with Crippen LogP contribution in [0.2, 0.25) is 0 Å². The Bertz CT molecular complexity index is 1620. The Labute approximate surface area is 222 Å². The fourth-order valence-corrected chi connectivity index (χ4v) is 6.41. The van der Waals surface area contributed by atoms with Crippen molar-refractivity contribution >= 4 is 27.8 Å². The molecule has 192 valence electrons. The van der Waals surface area contributed by atoms with Crippen LogP contribution in [-0.2, 0) is 6.54 Å². The van der Waals surface area contributed by atoms with Crippen molar-refractivity contribution in [1.82, 2.24) is 19.9 Å². The summed E-state index contributed by atoms with van der Waals surface area (Å²) in [6, 6.07) is 22.3. The largest absolute Gasteiger partial charge is 0.491 e. The molecule has 1 fully saturated rings. The second-order valence-corrected chi connectivity index (χ2v) is 10.7. The standard InChI is InChI=1S/C32H32N4O2/c1-20(31-34-25-12-6-7-13-26(25)35-31)33-32(37)22-15-16-23-27(19-22)36-17-18-38-28-14-8-5-11-24(28)30(36)29(23)21-9-3-2-4-10-21/h5-8,11-16,19-21H,2-4,9-10,17-18H2,1H3,(H,33,37)(H,34,35). The zero-order valence-electron chi connectivity index (χ0n) is 21.7. The number of H-pyrrole nitrogens is 1. The Morgan fingerprint density at radius 1 is 1.05 bits per heavy atom. The van der Waals surface area contributed by atoms with Gasteiger partial charge in [-0.25, -0.2) is 4.98 Å². The summed E-state index contributed by atoms with van der Waals surface area (Å²) in [6.07, 6.45) is 6.29. The molecule has 3 aromatic carbocycles. The van der Waals surface area contributed by atoms with Gasteiger partial charge in [-0.05, 0) is 67.6 Å². The highest BCUT2D eigenvalue weighted by Crippen LogP contribution is 2.47. The number of amides is 1. The SMILES string of the molecule is CC(NC(=O)c1ccc2c(C3CCCCC3)c3n(c2c1)CCOc1ccccc1-3)c1nc2ccccc2[nH]1. The molecular formula is C32H32N4O2. The molecule has 1 saturated carbocycles. The molecule has 3 heterocycles. The average Bonchev–Trinajstić information content (AvgIpc) is 3.47. The highest BCUT2D eigenvalue weighted by molar-refractivity contribution is 6.01. The van der Waals surface area contributed by atoms with E-state index in [9.17, 15) is 4.79 Å². The van der Waals surface area contributed by atoms with Crippen molar-refractivity contribution in [3.8, 4) is 17.0 Å². The van der Waals surface area contributed by atoms with Crippen LogP contribution in [0.4, 0.5) is 0 Å². The first kappa shape index (κ1) is 23.1. The molecule has 1 unspecified atom stereocenters. The molecule has 2 aliphatic rings. The molecule has 0 spiro atoms. The number of hydrogen-bond acceptors (Lipinski definition) is 3. The smallest absolute Gasteiger partial charge is 0.251 e. The van der Waals surface area contributed by atoms with Gasteiger partial charge in [-0.3, -0.25) is 4.79 Å². The number of para-hydroxylation sites is 3. The molecule has 7 rings (SSSR count). The van der Waals surface area contributed by atoms with E-state index in [4.69, 9.17) is 4.74 Å². The van der Waals surface area contributed by atoms with E-state index in [-0.39, 0.29) is 11.9 Å². The number of aromatic nitrogens is 3. The van der Waals surface area contributed by atoms with E-state index < -0.39 is 0 Å². The van der Waals surface area contributed by atoms with Crippen LogP contribution in [-0.4, -0.2) is 27.0 Å². The summed E-state index contributed by atoms with van der Waals surface area (Å²) < 4.78 is 8.57. The summed E-state index contributed by atoms with van der Waals surface area (Å²) in [6.45, 7) is 3.33. The third-order valence-electron chi connectivity index (χ3n) is 8.26. The maximum absolute atomic E-state index is 13.4. The Balaban J connectivity index is 1.29. The molecule has 38 heavy (non-hydrogen) atoms. The second kappa shape index (κ2) is 9.35. The van der Waals surface area contributed by atoms with Crippen LogP contribution >= 0.6 is 0 Å². The van der Waals surface area contributed by atoms with E-state index in [1.54, 1.807) is 0 Å². The van der Waals surface area contributed by atoms with Crippen molar-refractivity contribution in [2.24, 2.45) is 0 Å². The zero-order valence-corrected chi connectivity index (χ0v) is 21.7. The third kappa shape index (κ3) is 3.87. The van der Waals surface area contributed by atoms with Gasteiger partial charge < -0.3 is 19.6 Å². The molecule has 1 aliphatic carbocycles. The Hall–Kier alpha value is -4.06. The summed E-state index contributed by atoms with van der Waals surface area (Å²) >= 11 is 0. The lowest BCUT2D eigenvalue weighted by atomic mass is 9.81. The van der Waals surface area contributed by atoms with Crippen LogP contribution in [0.15, 0.2) is 66.7 Å². The lowest BCUT2D eigenvalue weighted by Crippen LogP contribution is -2.27. The number of nitrogens with one attached hydrogen (secondary N) is 2.